The van der Waals surface area contributed by atoms with E-state index in [1.807, 2.05) is 0 Å². The Kier molecular flexibility index (Phi) is 5.07. The van der Waals surface area contributed by atoms with Crippen molar-refractivity contribution >= 4 is 23.9 Å². The van der Waals surface area contributed by atoms with Gasteiger partial charge < -0.3 is 10.1 Å². The number of amides is 1. The van der Waals surface area contributed by atoms with E-state index in [9.17, 15) is 14.4 Å². The van der Waals surface area contributed by atoms with E-state index in [0.29, 0.717) is 40.0 Å². The number of carbonyl (C=O) groups is 3. The lowest BCUT2D eigenvalue weighted by atomic mass is 10.0. The second-order valence-corrected chi connectivity index (χ2v) is 5.63. The molecule has 2 aromatic heterocycles. The number of ether oxygens (including phenoxy) is 1. The predicted molar refractivity (Wildman–Crippen MR) is 97.8 cm³/mol. The number of anilines is 1. The van der Waals surface area contributed by atoms with Gasteiger partial charge in [0.1, 0.15) is 0 Å². The van der Waals surface area contributed by atoms with Crippen LogP contribution in [-0.4, -0.2) is 40.0 Å². The van der Waals surface area contributed by atoms with Crippen LogP contribution in [0.5, 0.6) is 0 Å². The van der Waals surface area contributed by atoms with E-state index < -0.39 is 5.97 Å². The highest BCUT2D eigenvalue weighted by molar-refractivity contribution is 6.00. The number of benzene rings is 1. The summed E-state index contributed by atoms with van der Waals surface area (Å²) in [6.45, 7) is 1.37. The molecule has 0 aliphatic heterocycles. The van der Waals surface area contributed by atoms with Gasteiger partial charge in [-0.15, -0.1) is 0 Å². The van der Waals surface area contributed by atoms with Gasteiger partial charge in [0.25, 0.3) is 0 Å². The molecule has 3 rings (SSSR count). The molecule has 0 bridgehead atoms. The number of rotatable bonds is 5. The number of pyridine rings is 1. The van der Waals surface area contributed by atoms with Crippen LogP contribution in [0.3, 0.4) is 0 Å². The summed E-state index contributed by atoms with van der Waals surface area (Å²) in [5, 5.41) is 6.89. The van der Waals surface area contributed by atoms with Crippen LogP contribution in [-0.2, 0) is 9.53 Å². The second-order valence-electron chi connectivity index (χ2n) is 5.63. The number of aldehydes is 1. The molecule has 0 saturated carbocycles. The fourth-order valence-corrected chi connectivity index (χ4v) is 2.62. The van der Waals surface area contributed by atoms with E-state index in [2.05, 4.69) is 15.4 Å². The monoisotopic (exact) mass is 364 g/mol. The van der Waals surface area contributed by atoms with Gasteiger partial charge >= 0.3 is 5.97 Å². The minimum atomic E-state index is -0.475. The van der Waals surface area contributed by atoms with E-state index in [1.165, 1.54) is 24.9 Å². The van der Waals surface area contributed by atoms with Crippen LogP contribution < -0.4 is 5.32 Å². The maximum atomic E-state index is 11.7. The Labute approximate surface area is 154 Å². The van der Waals surface area contributed by atoms with Crippen molar-refractivity contribution in [3.63, 3.8) is 0 Å². The van der Waals surface area contributed by atoms with Gasteiger partial charge in [-0.1, -0.05) is 12.1 Å². The van der Waals surface area contributed by atoms with Gasteiger partial charge in [-0.3, -0.25) is 9.59 Å². The standard InChI is InChI=1S/C19H16N4O4/c1-12(25)22-17-5-3-4-15(16(17)11-24)14-9-21-23(10-14)18-8-13(6-7-20-18)19(26)27-2/h3-11H,1-2H3,(H,22,25). The summed E-state index contributed by atoms with van der Waals surface area (Å²) in [5.74, 6) is -0.318. The zero-order valence-electron chi connectivity index (χ0n) is 14.7. The molecule has 8 nitrogen and oxygen atoms in total. The molecule has 2 heterocycles. The molecule has 0 fully saturated rings. The van der Waals surface area contributed by atoms with Crippen molar-refractivity contribution in [1.29, 1.82) is 0 Å². The molecule has 0 aliphatic carbocycles. The lowest BCUT2D eigenvalue weighted by Crippen LogP contribution is -2.08. The third kappa shape index (κ3) is 3.74. The third-order valence-corrected chi connectivity index (χ3v) is 3.83. The average Bonchev–Trinajstić information content (AvgIpc) is 3.17. The SMILES string of the molecule is COC(=O)c1ccnc(-n2cc(-c3cccc(NC(C)=O)c3C=O)cn2)c1. The Morgan fingerprint density at radius 3 is 2.78 bits per heavy atom. The summed E-state index contributed by atoms with van der Waals surface area (Å²) >= 11 is 0. The van der Waals surface area contributed by atoms with Crippen molar-refractivity contribution in [2.75, 3.05) is 12.4 Å². The van der Waals surface area contributed by atoms with E-state index in [1.54, 1.807) is 42.7 Å². The van der Waals surface area contributed by atoms with Crippen molar-refractivity contribution in [2.45, 2.75) is 6.92 Å². The van der Waals surface area contributed by atoms with Crippen LogP contribution in [0.1, 0.15) is 27.6 Å². The number of methoxy groups -OCH3 is 1. The topological polar surface area (TPSA) is 103 Å². The van der Waals surface area contributed by atoms with Crippen LogP contribution >= 0.6 is 0 Å². The molecular formula is C19H16N4O4. The van der Waals surface area contributed by atoms with Gasteiger partial charge in [-0.2, -0.15) is 5.10 Å². The molecule has 1 N–H and O–H groups in total. The molecule has 3 aromatic rings. The molecule has 27 heavy (non-hydrogen) atoms. The van der Waals surface area contributed by atoms with E-state index >= 15 is 0 Å². The molecule has 0 saturated heterocycles. The van der Waals surface area contributed by atoms with Crippen LogP contribution in [0, 0.1) is 0 Å². The molecule has 0 spiro atoms. The first-order valence-corrected chi connectivity index (χ1v) is 7.99. The van der Waals surface area contributed by atoms with Crippen molar-refractivity contribution in [3.8, 4) is 16.9 Å². The fraction of sp³-hybridized carbons (Fsp3) is 0.105. The van der Waals surface area contributed by atoms with E-state index in [0.717, 1.165) is 0 Å². The average molecular weight is 364 g/mol. The highest BCUT2D eigenvalue weighted by Crippen LogP contribution is 2.28. The maximum absolute atomic E-state index is 11.7. The molecular weight excluding hydrogens is 348 g/mol. The van der Waals surface area contributed by atoms with Gasteiger partial charge in [0, 0.05) is 30.4 Å². The number of hydrogen-bond donors (Lipinski definition) is 1. The molecule has 1 aromatic carbocycles. The maximum Gasteiger partial charge on any atom is 0.338 e. The largest absolute Gasteiger partial charge is 0.465 e. The summed E-state index contributed by atoms with van der Waals surface area (Å²) < 4.78 is 6.19. The number of nitrogens with zero attached hydrogens (tertiary/aromatic N) is 3. The number of carbonyl (C=O) groups excluding carboxylic acids is 3. The molecule has 0 unspecified atom stereocenters. The first-order chi connectivity index (χ1) is 13.0. The molecule has 0 aliphatic rings. The second kappa shape index (κ2) is 7.61. The summed E-state index contributed by atoms with van der Waals surface area (Å²) in [6.07, 6.45) is 5.43. The Morgan fingerprint density at radius 2 is 2.07 bits per heavy atom. The van der Waals surface area contributed by atoms with Crippen molar-refractivity contribution in [3.05, 3.63) is 60.0 Å². The zero-order chi connectivity index (χ0) is 19.4. The summed E-state index contributed by atoms with van der Waals surface area (Å²) in [5.41, 5.74) is 2.40. The third-order valence-electron chi connectivity index (χ3n) is 3.83. The highest BCUT2D eigenvalue weighted by atomic mass is 16.5. The zero-order valence-corrected chi connectivity index (χ0v) is 14.7. The van der Waals surface area contributed by atoms with Gasteiger partial charge in [-0.25, -0.2) is 14.5 Å². The van der Waals surface area contributed by atoms with Gasteiger partial charge in [0.05, 0.1) is 24.6 Å². The van der Waals surface area contributed by atoms with Gasteiger partial charge in [0.15, 0.2) is 12.1 Å². The first-order valence-electron chi connectivity index (χ1n) is 7.99. The summed E-state index contributed by atoms with van der Waals surface area (Å²) in [4.78, 5) is 38.8. The molecule has 0 atom stereocenters. The lowest BCUT2D eigenvalue weighted by Gasteiger charge is -2.09. The minimum absolute atomic E-state index is 0.269. The van der Waals surface area contributed by atoms with Crippen molar-refractivity contribution in [2.24, 2.45) is 0 Å². The van der Waals surface area contributed by atoms with Crippen molar-refractivity contribution in [1.82, 2.24) is 14.8 Å². The lowest BCUT2D eigenvalue weighted by molar-refractivity contribution is -0.114. The van der Waals surface area contributed by atoms with Crippen LogP contribution in [0.4, 0.5) is 5.69 Å². The quantitative estimate of drug-likeness (QED) is 0.551. The number of aromatic nitrogens is 3. The van der Waals surface area contributed by atoms with Crippen LogP contribution in [0.2, 0.25) is 0 Å². The Hall–Kier alpha value is -3.81. The summed E-state index contributed by atoms with van der Waals surface area (Å²) in [7, 11) is 1.30. The minimum Gasteiger partial charge on any atom is -0.465 e. The Morgan fingerprint density at radius 1 is 1.26 bits per heavy atom. The van der Waals surface area contributed by atoms with E-state index in [4.69, 9.17) is 4.74 Å². The van der Waals surface area contributed by atoms with Gasteiger partial charge in [-0.05, 0) is 23.8 Å². The van der Waals surface area contributed by atoms with Gasteiger partial charge in [0.2, 0.25) is 5.91 Å². The first kappa shape index (κ1) is 18.0. The van der Waals surface area contributed by atoms with Crippen LogP contribution in [0.25, 0.3) is 16.9 Å². The van der Waals surface area contributed by atoms with E-state index in [-0.39, 0.29) is 5.91 Å². The Balaban J connectivity index is 2.01. The smallest absolute Gasteiger partial charge is 0.338 e. The molecule has 0 radical (unpaired) electrons. The Bertz CT molecular complexity index is 1030. The normalized spacial score (nSPS) is 10.3. The highest BCUT2D eigenvalue weighted by Gasteiger charge is 2.14. The van der Waals surface area contributed by atoms with Crippen molar-refractivity contribution < 1.29 is 19.1 Å². The fourth-order valence-electron chi connectivity index (χ4n) is 2.62. The van der Waals surface area contributed by atoms with Crippen LogP contribution in [0.15, 0.2) is 48.9 Å². The molecule has 136 valence electrons. The number of esters is 1. The predicted octanol–water partition coefficient (Wildman–Crippen LogP) is 2.49. The number of nitrogens with one attached hydrogen (secondary N) is 1. The number of hydrogen-bond acceptors (Lipinski definition) is 6. The summed E-state index contributed by atoms with van der Waals surface area (Å²) in [6, 6.07) is 8.24. The molecule has 1 amide bonds. The molecule has 8 heteroatoms.